The molecular weight excluding hydrogens is 963 g/mol. The zero-order chi connectivity index (χ0) is 55.0. The zero-order valence-electron chi connectivity index (χ0n) is 49.9. The fraction of sp³-hybridized carbons (Fsp3) is 0.418. The van der Waals surface area contributed by atoms with Gasteiger partial charge in [-0.25, -0.2) is 0 Å². The van der Waals surface area contributed by atoms with Gasteiger partial charge in [-0.1, -0.05) is 237 Å². The summed E-state index contributed by atoms with van der Waals surface area (Å²) in [7, 11) is 0. The molecule has 0 saturated heterocycles. The van der Waals surface area contributed by atoms with Crippen LogP contribution in [0.25, 0.3) is 33.0 Å². The number of fused-ring (bicyclic) bond motifs is 5. The fourth-order valence-electron chi connectivity index (χ4n) is 15.8. The Balaban J connectivity index is 0.000000199. The molecule has 0 bridgehead atoms. The topological polar surface area (TPSA) is 3.24 Å². The monoisotopic (exact) mass is 1050 g/mol. The Bertz CT molecular complexity index is 3280. The van der Waals surface area contributed by atoms with Crippen molar-refractivity contribution in [1.29, 1.82) is 0 Å². The standard InChI is InChI=1S/C53H55N.2C13H18/c1-34-19-28-41-44-32-49-45(33-48(44)53(4,5)47(41)31-34)42-29-30-50(43-17-12-18-46(51(42)43)52(49,2)3)54(39-24-20-37(21-25-39)35-13-8-6-9-14-35)40-26-22-38(23-27-40)36-15-10-7-11-16-36;2*1-11-7-9-13(10-8-11)12-5-3-2-4-6-12/h12,17-33,35-36H,6-11,13-16H2,1-5H3;2*7-10,12H,2-6H2,1H3. The number of hydrogen-bond acceptors (Lipinski definition) is 1. The van der Waals surface area contributed by atoms with Crippen LogP contribution in [0.3, 0.4) is 0 Å². The van der Waals surface area contributed by atoms with Gasteiger partial charge in [0.1, 0.15) is 0 Å². The Kier molecular flexibility index (Phi) is 15.9. The molecule has 1 nitrogen and oxygen atoms in total. The normalized spacial score (nSPS) is 18.7. The zero-order valence-corrected chi connectivity index (χ0v) is 49.9. The van der Waals surface area contributed by atoms with Crippen LogP contribution in [0.1, 0.15) is 241 Å². The first-order valence-corrected chi connectivity index (χ1v) is 31.9. The van der Waals surface area contributed by atoms with Gasteiger partial charge < -0.3 is 4.90 Å². The van der Waals surface area contributed by atoms with E-state index in [2.05, 4.69) is 211 Å². The Morgan fingerprint density at radius 3 is 1.09 bits per heavy atom. The lowest BCUT2D eigenvalue weighted by Gasteiger charge is -2.37. The van der Waals surface area contributed by atoms with Crippen LogP contribution in [0.4, 0.5) is 17.1 Å². The number of rotatable bonds is 7. The van der Waals surface area contributed by atoms with Crippen LogP contribution in [-0.2, 0) is 10.8 Å². The molecule has 0 unspecified atom stereocenters. The van der Waals surface area contributed by atoms with Gasteiger partial charge in [-0.3, -0.25) is 0 Å². The molecule has 6 aliphatic rings. The van der Waals surface area contributed by atoms with E-state index in [1.54, 1.807) is 11.1 Å². The van der Waals surface area contributed by atoms with Crippen molar-refractivity contribution in [3.05, 3.63) is 219 Å². The molecule has 0 N–H and O–H groups in total. The van der Waals surface area contributed by atoms with Gasteiger partial charge in [-0.2, -0.15) is 0 Å². The second kappa shape index (κ2) is 23.4. The maximum absolute atomic E-state index is 2.57. The maximum atomic E-state index is 2.57. The molecule has 0 aromatic heterocycles. The second-order valence-electron chi connectivity index (χ2n) is 26.8. The van der Waals surface area contributed by atoms with Crippen molar-refractivity contribution < 1.29 is 0 Å². The van der Waals surface area contributed by atoms with Crippen molar-refractivity contribution in [3.8, 4) is 22.3 Å². The molecule has 4 fully saturated rings. The molecule has 412 valence electrons. The van der Waals surface area contributed by atoms with Gasteiger partial charge in [-0.15, -0.1) is 0 Å². The molecule has 8 aromatic rings. The lowest BCUT2D eigenvalue weighted by Crippen LogP contribution is -2.25. The summed E-state index contributed by atoms with van der Waals surface area (Å²) < 4.78 is 0. The molecule has 14 rings (SSSR count). The van der Waals surface area contributed by atoms with E-state index in [1.807, 2.05) is 0 Å². The second-order valence-corrected chi connectivity index (χ2v) is 26.8. The Morgan fingerprint density at radius 2 is 0.662 bits per heavy atom. The highest BCUT2D eigenvalue weighted by molar-refractivity contribution is 6.11. The van der Waals surface area contributed by atoms with Crippen LogP contribution in [0.5, 0.6) is 0 Å². The first-order chi connectivity index (χ1) is 38.9. The minimum atomic E-state index is -0.152. The summed E-state index contributed by atoms with van der Waals surface area (Å²) in [4.78, 5) is 2.55. The van der Waals surface area contributed by atoms with E-state index >= 15 is 0 Å². The summed E-state index contributed by atoms with van der Waals surface area (Å²) in [6.07, 6.45) is 27.7. The predicted molar refractivity (Wildman–Crippen MR) is 344 cm³/mol. The highest BCUT2D eigenvalue weighted by Crippen LogP contribution is 2.57. The van der Waals surface area contributed by atoms with Gasteiger partial charge in [0.15, 0.2) is 0 Å². The van der Waals surface area contributed by atoms with E-state index in [0.717, 1.165) is 11.8 Å². The maximum Gasteiger partial charge on any atom is 0.0540 e. The molecule has 0 spiro atoms. The number of benzene rings is 8. The van der Waals surface area contributed by atoms with Gasteiger partial charge >= 0.3 is 0 Å². The molecule has 8 aromatic carbocycles. The van der Waals surface area contributed by atoms with Crippen molar-refractivity contribution in [2.45, 2.75) is 211 Å². The van der Waals surface area contributed by atoms with Crippen LogP contribution in [0.15, 0.2) is 158 Å². The van der Waals surface area contributed by atoms with E-state index in [1.165, 1.54) is 229 Å². The molecule has 0 radical (unpaired) electrons. The summed E-state index contributed by atoms with van der Waals surface area (Å²) >= 11 is 0. The van der Waals surface area contributed by atoms with Crippen molar-refractivity contribution in [1.82, 2.24) is 0 Å². The lowest BCUT2D eigenvalue weighted by atomic mass is 9.67. The molecule has 0 heterocycles. The van der Waals surface area contributed by atoms with Gasteiger partial charge in [0.25, 0.3) is 0 Å². The van der Waals surface area contributed by atoms with Crippen molar-refractivity contribution in [2.75, 3.05) is 4.90 Å². The Morgan fingerprint density at radius 1 is 0.312 bits per heavy atom. The number of hydrogen-bond donors (Lipinski definition) is 0. The van der Waals surface area contributed by atoms with Crippen LogP contribution in [-0.4, -0.2) is 0 Å². The molecule has 6 aliphatic carbocycles. The number of nitrogens with zero attached hydrogens (tertiary/aromatic N) is 1. The molecule has 80 heavy (non-hydrogen) atoms. The van der Waals surface area contributed by atoms with Gasteiger partial charge in [0, 0.05) is 27.6 Å². The summed E-state index contributed by atoms with van der Waals surface area (Å²) in [6.45, 7) is 16.3. The quantitative estimate of drug-likeness (QED) is 0.154. The average Bonchev–Trinajstić information content (AvgIpc) is 3.59. The molecule has 0 atom stereocenters. The van der Waals surface area contributed by atoms with Gasteiger partial charge in [0.2, 0.25) is 0 Å². The van der Waals surface area contributed by atoms with Crippen LogP contribution in [0.2, 0.25) is 0 Å². The van der Waals surface area contributed by atoms with E-state index in [0.29, 0.717) is 11.8 Å². The van der Waals surface area contributed by atoms with Crippen LogP contribution >= 0.6 is 0 Å². The first kappa shape index (κ1) is 54.4. The third-order valence-corrected chi connectivity index (χ3v) is 20.6. The molecule has 0 amide bonds. The summed E-state index contributed by atoms with van der Waals surface area (Å²) in [5, 5.41) is 2.73. The fourth-order valence-corrected chi connectivity index (χ4v) is 15.8. The highest BCUT2D eigenvalue weighted by atomic mass is 15.1. The number of aryl methyl sites for hydroxylation is 3. The smallest absolute Gasteiger partial charge is 0.0540 e. The van der Waals surface area contributed by atoms with Crippen molar-refractivity contribution in [3.63, 3.8) is 0 Å². The SMILES string of the molecule is Cc1ccc(C2CCCCC2)cc1.Cc1ccc(C2CCCCC2)cc1.Cc1ccc2c(c1)C(C)(C)c1cc3c(cc1-2)C(C)(C)c1cccc2c(N(c4ccc(C5CCCCC5)cc4)c4ccc(C5CCCCC5)cc4)ccc-3c12. The van der Waals surface area contributed by atoms with Crippen LogP contribution < -0.4 is 4.90 Å². The minimum Gasteiger partial charge on any atom is -0.310 e. The van der Waals surface area contributed by atoms with Gasteiger partial charge in [-0.05, 0) is 210 Å². The average molecular weight is 1050 g/mol. The Labute approximate surface area is 482 Å². The molecular formula is C79H91N. The van der Waals surface area contributed by atoms with E-state index in [4.69, 9.17) is 0 Å². The third-order valence-electron chi connectivity index (χ3n) is 20.6. The van der Waals surface area contributed by atoms with Crippen molar-refractivity contribution in [2.24, 2.45) is 0 Å². The number of anilines is 3. The summed E-state index contributed by atoms with van der Waals surface area (Å²) in [6, 6.07) is 61.7. The Hall–Kier alpha value is -6.18. The largest absolute Gasteiger partial charge is 0.310 e. The predicted octanol–water partition coefficient (Wildman–Crippen LogP) is 23.4. The van der Waals surface area contributed by atoms with Crippen molar-refractivity contribution >= 4 is 27.8 Å². The first-order valence-electron chi connectivity index (χ1n) is 31.9. The third kappa shape index (κ3) is 10.9. The van der Waals surface area contributed by atoms with E-state index < -0.39 is 0 Å². The summed E-state index contributed by atoms with van der Waals surface area (Å²) in [5.41, 5.74) is 25.1. The molecule has 1 heteroatoms. The highest BCUT2D eigenvalue weighted by Gasteiger charge is 2.41. The lowest BCUT2D eigenvalue weighted by molar-refractivity contribution is 0.443. The van der Waals surface area contributed by atoms with E-state index in [-0.39, 0.29) is 10.8 Å². The molecule has 4 saturated carbocycles. The molecule has 0 aliphatic heterocycles. The van der Waals surface area contributed by atoms with Gasteiger partial charge in [0.05, 0.1) is 5.69 Å². The van der Waals surface area contributed by atoms with Crippen LogP contribution in [0, 0.1) is 20.8 Å². The van der Waals surface area contributed by atoms with E-state index in [9.17, 15) is 0 Å². The minimum absolute atomic E-state index is 0.0454. The summed E-state index contributed by atoms with van der Waals surface area (Å²) in [5.74, 6) is 3.10.